The largest absolute Gasteiger partial charge is 0.235 e. The van der Waals surface area contributed by atoms with Gasteiger partial charge in [0.1, 0.15) is 0 Å². The van der Waals surface area contributed by atoms with Gasteiger partial charge < -0.3 is 0 Å². The van der Waals surface area contributed by atoms with Gasteiger partial charge >= 0.3 is 0 Å². The number of carbonyl (C=O) groups excluding carboxylic acids is 1. The van der Waals surface area contributed by atoms with Crippen LogP contribution in [0.1, 0.15) is 19.4 Å². The second-order valence-electron chi connectivity index (χ2n) is 3.68. The number of rotatable bonds is 3. The minimum atomic E-state index is -0.344. The standard InChI is InChI=1S/C11H13NO/c1-11(2,12-9-13)8-10-6-4-3-5-7-10/h3-7H,8H2,1-2H3. The number of aliphatic imine (C=N–C) groups is 1. The number of isocyanates is 1. The number of hydrogen-bond donors (Lipinski definition) is 0. The highest BCUT2D eigenvalue weighted by Gasteiger charge is 2.16. The van der Waals surface area contributed by atoms with E-state index in [-0.39, 0.29) is 5.54 Å². The van der Waals surface area contributed by atoms with Crippen LogP contribution in [0, 0.1) is 0 Å². The molecule has 0 N–H and O–H groups in total. The topological polar surface area (TPSA) is 29.4 Å². The maximum Gasteiger partial charge on any atom is 0.235 e. The molecule has 0 aliphatic rings. The molecule has 0 fully saturated rings. The zero-order chi connectivity index (χ0) is 9.73. The highest BCUT2D eigenvalue weighted by atomic mass is 16.1. The monoisotopic (exact) mass is 175 g/mol. The summed E-state index contributed by atoms with van der Waals surface area (Å²) in [5.41, 5.74) is 0.842. The van der Waals surface area contributed by atoms with Gasteiger partial charge in [0, 0.05) is 0 Å². The van der Waals surface area contributed by atoms with Crippen molar-refractivity contribution in [3.63, 3.8) is 0 Å². The van der Waals surface area contributed by atoms with Gasteiger partial charge in [-0.15, -0.1) is 0 Å². The third-order valence-electron chi connectivity index (χ3n) is 1.83. The third kappa shape index (κ3) is 3.22. The Kier molecular flexibility index (Phi) is 2.99. The van der Waals surface area contributed by atoms with Crippen LogP contribution >= 0.6 is 0 Å². The van der Waals surface area contributed by atoms with Crippen LogP contribution in [-0.4, -0.2) is 11.6 Å². The molecule has 0 aromatic heterocycles. The first kappa shape index (κ1) is 9.69. The van der Waals surface area contributed by atoms with E-state index in [1.165, 1.54) is 5.56 Å². The van der Waals surface area contributed by atoms with Crippen LogP contribution in [0.4, 0.5) is 0 Å². The quantitative estimate of drug-likeness (QED) is 0.512. The second kappa shape index (κ2) is 4.01. The van der Waals surface area contributed by atoms with Crippen molar-refractivity contribution in [2.45, 2.75) is 25.8 Å². The molecule has 0 atom stereocenters. The molecule has 1 rings (SSSR count). The molecule has 0 aliphatic heterocycles. The van der Waals surface area contributed by atoms with E-state index in [0.29, 0.717) is 0 Å². The molecule has 0 unspecified atom stereocenters. The maximum absolute atomic E-state index is 10.1. The normalized spacial score (nSPS) is 10.6. The Balaban J connectivity index is 2.74. The summed E-state index contributed by atoms with van der Waals surface area (Å²) in [6.07, 6.45) is 2.37. The summed E-state index contributed by atoms with van der Waals surface area (Å²) in [5.74, 6) is 0. The van der Waals surface area contributed by atoms with Crippen molar-refractivity contribution in [2.75, 3.05) is 0 Å². The maximum atomic E-state index is 10.1. The average molecular weight is 175 g/mol. The molecule has 1 aromatic rings. The van der Waals surface area contributed by atoms with Crippen LogP contribution < -0.4 is 0 Å². The lowest BCUT2D eigenvalue weighted by Gasteiger charge is -2.16. The second-order valence-corrected chi connectivity index (χ2v) is 3.68. The van der Waals surface area contributed by atoms with Crippen molar-refractivity contribution in [2.24, 2.45) is 4.99 Å². The van der Waals surface area contributed by atoms with Crippen LogP contribution in [0.2, 0.25) is 0 Å². The van der Waals surface area contributed by atoms with E-state index in [1.807, 2.05) is 44.2 Å². The first-order valence-electron chi connectivity index (χ1n) is 4.27. The third-order valence-corrected chi connectivity index (χ3v) is 1.83. The number of nitrogens with zero attached hydrogens (tertiary/aromatic N) is 1. The van der Waals surface area contributed by atoms with E-state index in [4.69, 9.17) is 0 Å². The molecule has 68 valence electrons. The molecule has 1 aromatic carbocycles. The molecule has 0 aliphatic carbocycles. The Morgan fingerprint density at radius 3 is 2.46 bits per heavy atom. The molecule has 0 heterocycles. The van der Waals surface area contributed by atoms with Crippen LogP contribution in [0.3, 0.4) is 0 Å². The van der Waals surface area contributed by atoms with Crippen LogP contribution in [0.15, 0.2) is 35.3 Å². The summed E-state index contributed by atoms with van der Waals surface area (Å²) >= 11 is 0. The van der Waals surface area contributed by atoms with Crippen molar-refractivity contribution in [3.05, 3.63) is 35.9 Å². The van der Waals surface area contributed by atoms with Gasteiger partial charge in [0.2, 0.25) is 6.08 Å². The first-order chi connectivity index (χ1) is 6.14. The summed E-state index contributed by atoms with van der Waals surface area (Å²) in [5, 5.41) is 0. The van der Waals surface area contributed by atoms with E-state index in [2.05, 4.69) is 4.99 Å². The summed E-state index contributed by atoms with van der Waals surface area (Å²) in [7, 11) is 0. The molecule has 0 radical (unpaired) electrons. The SMILES string of the molecule is CC(C)(Cc1ccccc1)N=C=O. The first-order valence-corrected chi connectivity index (χ1v) is 4.27. The van der Waals surface area contributed by atoms with Gasteiger partial charge in [0.25, 0.3) is 0 Å². The van der Waals surface area contributed by atoms with E-state index in [1.54, 1.807) is 6.08 Å². The molecule has 13 heavy (non-hydrogen) atoms. The fraction of sp³-hybridized carbons (Fsp3) is 0.364. The van der Waals surface area contributed by atoms with Crippen molar-refractivity contribution >= 4 is 6.08 Å². The minimum absolute atomic E-state index is 0.344. The highest BCUT2D eigenvalue weighted by molar-refractivity contribution is 5.35. The van der Waals surface area contributed by atoms with Gasteiger partial charge in [0.05, 0.1) is 5.54 Å². The van der Waals surface area contributed by atoms with E-state index in [0.717, 1.165) is 6.42 Å². The Labute approximate surface area is 78.3 Å². The predicted octanol–water partition coefficient (Wildman–Crippen LogP) is 2.34. The molecule has 0 amide bonds. The molecule has 2 heteroatoms. The average Bonchev–Trinajstić information content (AvgIpc) is 2.04. The van der Waals surface area contributed by atoms with Gasteiger partial charge in [0.15, 0.2) is 0 Å². The predicted molar refractivity (Wildman–Crippen MR) is 52.3 cm³/mol. The minimum Gasteiger partial charge on any atom is -0.211 e. The zero-order valence-electron chi connectivity index (χ0n) is 7.95. The molecule has 0 saturated heterocycles. The van der Waals surface area contributed by atoms with Crippen molar-refractivity contribution in [3.8, 4) is 0 Å². The Morgan fingerprint density at radius 1 is 1.31 bits per heavy atom. The van der Waals surface area contributed by atoms with Gasteiger partial charge in [-0.2, -0.15) is 4.99 Å². The van der Waals surface area contributed by atoms with Crippen molar-refractivity contribution in [1.29, 1.82) is 0 Å². The fourth-order valence-electron chi connectivity index (χ4n) is 1.26. The molecule has 2 nitrogen and oxygen atoms in total. The van der Waals surface area contributed by atoms with Gasteiger partial charge in [-0.3, -0.25) is 0 Å². The lowest BCUT2D eigenvalue weighted by Crippen LogP contribution is -2.19. The Bertz CT molecular complexity index is 310. The van der Waals surface area contributed by atoms with E-state index >= 15 is 0 Å². The number of hydrogen-bond acceptors (Lipinski definition) is 2. The zero-order valence-corrected chi connectivity index (χ0v) is 7.95. The lowest BCUT2D eigenvalue weighted by molar-refractivity contribution is 0.501. The number of benzene rings is 1. The van der Waals surface area contributed by atoms with E-state index < -0.39 is 0 Å². The molecule has 0 bridgehead atoms. The van der Waals surface area contributed by atoms with Gasteiger partial charge in [-0.1, -0.05) is 30.3 Å². The van der Waals surface area contributed by atoms with Gasteiger partial charge in [-0.25, -0.2) is 4.79 Å². The molecular weight excluding hydrogens is 162 g/mol. The van der Waals surface area contributed by atoms with Gasteiger partial charge in [-0.05, 0) is 25.8 Å². The smallest absolute Gasteiger partial charge is 0.211 e. The fourth-order valence-corrected chi connectivity index (χ4v) is 1.26. The summed E-state index contributed by atoms with van der Waals surface area (Å²) in [4.78, 5) is 13.9. The Hall–Kier alpha value is -1.40. The lowest BCUT2D eigenvalue weighted by atomic mass is 9.96. The highest BCUT2D eigenvalue weighted by Crippen LogP contribution is 2.15. The van der Waals surface area contributed by atoms with Crippen LogP contribution in [0.5, 0.6) is 0 Å². The molecular formula is C11H13NO. The van der Waals surface area contributed by atoms with Crippen LogP contribution in [-0.2, 0) is 11.2 Å². The van der Waals surface area contributed by atoms with Crippen LogP contribution in [0.25, 0.3) is 0 Å². The summed E-state index contributed by atoms with van der Waals surface area (Å²) < 4.78 is 0. The van der Waals surface area contributed by atoms with E-state index in [9.17, 15) is 4.79 Å². The summed E-state index contributed by atoms with van der Waals surface area (Å²) in [6.45, 7) is 3.84. The van der Waals surface area contributed by atoms with Crippen molar-refractivity contribution < 1.29 is 4.79 Å². The molecule has 0 saturated carbocycles. The Morgan fingerprint density at radius 2 is 1.92 bits per heavy atom. The molecule has 0 spiro atoms. The summed E-state index contributed by atoms with van der Waals surface area (Å²) in [6, 6.07) is 10.00. The van der Waals surface area contributed by atoms with Crippen molar-refractivity contribution in [1.82, 2.24) is 0 Å².